The number of carbonyl (C=O) groups is 1. The lowest BCUT2D eigenvalue weighted by molar-refractivity contribution is -0.141. The number of piperazine rings is 1. The van der Waals surface area contributed by atoms with Gasteiger partial charge in [-0.25, -0.2) is 4.68 Å². The predicted molar refractivity (Wildman–Crippen MR) is 129 cm³/mol. The number of benzene rings is 2. The number of tetrazole rings is 1. The van der Waals surface area contributed by atoms with Crippen LogP contribution < -0.4 is 4.74 Å². The molecular weight excluding hydrogens is 458 g/mol. The molecule has 10 heteroatoms. The van der Waals surface area contributed by atoms with Gasteiger partial charge >= 0.3 is 0 Å². The SMILES string of the molecule is COc1cc([C@H]2CN3CCN(C(=O)C4CCc5cc(-n6cnnn6)ccc54)C[C@H]3CO2)ccc1C#N. The summed E-state index contributed by atoms with van der Waals surface area (Å²) in [5.74, 6) is 0.679. The van der Waals surface area contributed by atoms with Gasteiger partial charge in [0.1, 0.15) is 18.1 Å². The highest BCUT2D eigenvalue weighted by molar-refractivity contribution is 5.85. The predicted octanol–water partition coefficient (Wildman–Crippen LogP) is 1.86. The van der Waals surface area contributed by atoms with Crippen LogP contribution in [0.3, 0.4) is 0 Å². The van der Waals surface area contributed by atoms with Crippen molar-refractivity contribution in [2.75, 3.05) is 39.9 Å². The lowest BCUT2D eigenvalue weighted by Crippen LogP contribution is -2.60. The number of aryl methyl sites for hydroxylation is 1. The second-order valence-electron chi connectivity index (χ2n) is 9.56. The number of rotatable bonds is 4. The maximum Gasteiger partial charge on any atom is 0.230 e. The molecule has 0 spiro atoms. The van der Waals surface area contributed by atoms with Crippen LogP contribution in [-0.4, -0.2) is 81.9 Å². The smallest absolute Gasteiger partial charge is 0.230 e. The number of carbonyl (C=O) groups excluding carboxylic acids is 1. The second kappa shape index (κ2) is 9.33. The molecule has 0 N–H and O–H groups in total. The van der Waals surface area contributed by atoms with Crippen molar-refractivity contribution in [3.63, 3.8) is 0 Å². The van der Waals surface area contributed by atoms with Crippen LogP contribution in [-0.2, 0) is 16.0 Å². The van der Waals surface area contributed by atoms with Crippen molar-refractivity contribution in [3.8, 4) is 17.5 Å². The van der Waals surface area contributed by atoms with E-state index in [2.05, 4.69) is 38.6 Å². The van der Waals surface area contributed by atoms with Crippen molar-refractivity contribution < 1.29 is 14.3 Å². The van der Waals surface area contributed by atoms with Gasteiger partial charge in [-0.15, -0.1) is 5.10 Å². The summed E-state index contributed by atoms with van der Waals surface area (Å²) < 4.78 is 13.2. The van der Waals surface area contributed by atoms with Crippen molar-refractivity contribution >= 4 is 5.91 Å². The summed E-state index contributed by atoms with van der Waals surface area (Å²) in [4.78, 5) is 18.0. The molecule has 2 saturated heterocycles. The van der Waals surface area contributed by atoms with E-state index in [-0.39, 0.29) is 24.0 Å². The minimum absolute atomic E-state index is 0.0822. The summed E-state index contributed by atoms with van der Waals surface area (Å²) in [6.45, 7) is 3.53. The molecule has 3 heterocycles. The summed E-state index contributed by atoms with van der Waals surface area (Å²) in [7, 11) is 1.57. The molecule has 0 bridgehead atoms. The Balaban J connectivity index is 1.11. The summed E-state index contributed by atoms with van der Waals surface area (Å²) in [5.41, 5.74) is 4.75. The fraction of sp³-hybridized carbons (Fsp3) is 0.423. The second-order valence-corrected chi connectivity index (χ2v) is 9.56. The quantitative estimate of drug-likeness (QED) is 0.551. The van der Waals surface area contributed by atoms with Crippen molar-refractivity contribution in [2.45, 2.75) is 30.9 Å². The van der Waals surface area contributed by atoms with Crippen LogP contribution in [0, 0.1) is 11.3 Å². The lowest BCUT2D eigenvalue weighted by atomic mass is 9.97. The van der Waals surface area contributed by atoms with Gasteiger partial charge in [0.2, 0.25) is 5.91 Å². The van der Waals surface area contributed by atoms with Crippen LogP contribution in [0.1, 0.15) is 40.7 Å². The Kier molecular flexibility index (Phi) is 5.87. The van der Waals surface area contributed by atoms with Gasteiger partial charge in [0.05, 0.1) is 43.0 Å². The van der Waals surface area contributed by atoms with E-state index < -0.39 is 0 Å². The third-order valence-electron chi connectivity index (χ3n) is 7.64. The van der Waals surface area contributed by atoms with E-state index in [0.717, 1.165) is 42.7 Å². The molecule has 0 saturated carbocycles. The first kappa shape index (κ1) is 22.6. The molecule has 1 amide bonds. The first-order chi connectivity index (χ1) is 17.6. The normalized spacial score (nSPS) is 23.6. The molecule has 3 aliphatic rings. The van der Waals surface area contributed by atoms with Gasteiger partial charge in [-0.05, 0) is 64.2 Å². The Morgan fingerprint density at radius 3 is 2.92 bits per heavy atom. The van der Waals surface area contributed by atoms with Gasteiger partial charge in [-0.3, -0.25) is 9.69 Å². The highest BCUT2D eigenvalue weighted by Gasteiger charge is 2.39. The van der Waals surface area contributed by atoms with E-state index in [1.54, 1.807) is 24.2 Å². The molecule has 3 atom stereocenters. The van der Waals surface area contributed by atoms with E-state index in [4.69, 9.17) is 9.47 Å². The number of fused-ring (bicyclic) bond motifs is 2. The van der Waals surface area contributed by atoms with E-state index in [0.29, 0.717) is 31.0 Å². The average Bonchev–Trinajstić information content (AvgIpc) is 3.62. The third-order valence-corrected chi connectivity index (χ3v) is 7.64. The van der Waals surface area contributed by atoms with Gasteiger partial charge in [-0.2, -0.15) is 5.26 Å². The molecule has 184 valence electrons. The summed E-state index contributed by atoms with van der Waals surface area (Å²) in [6, 6.07) is 14.1. The van der Waals surface area contributed by atoms with Crippen LogP contribution in [0.4, 0.5) is 0 Å². The summed E-state index contributed by atoms with van der Waals surface area (Å²) in [6.07, 6.45) is 3.20. The minimum atomic E-state index is -0.0992. The zero-order valence-electron chi connectivity index (χ0n) is 20.1. The van der Waals surface area contributed by atoms with Crippen LogP contribution in [0.15, 0.2) is 42.7 Å². The van der Waals surface area contributed by atoms with Gasteiger partial charge in [0.25, 0.3) is 0 Å². The van der Waals surface area contributed by atoms with Crippen LogP contribution in [0.2, 0.25) is 0 Å². The van der Waals surface area contributed by atoms with Crippen LogP contribution in [0.25, 0.3) is 5.69 Å². The number of morpholine rings is 1. The number of nitrogens with zero attached hydrogens (tertiary/aromatic N) is 7. The van der Waals surface area contributed by atoms with Crippen molar-refractivity contribution in [3.05, 3.63) is 65.0 Å². The molecule has 1 aromatic heterocycles. The Bertz CT molecular complexity index is 1320. The lowest BCUT2D eigenvalue weighted by Gasteiger charge is -2.46. The molecule has 1 unspecified atom stereocenters. The Labute approximate surface area is 209 Å². The van der Waals surface area contributed by atoms with Crippen molar-refractivity contribution in [2.24, 2.45) is 0 Å². The molecule has 6 rings (SSSR count). The number of nitriles is 1. The number of methoxy groups -OCH3 is 1. The molecule has 0 radical (unpaired) electrons. The van der Waals surface area contributed by atoms with E-state index in [9.17, 15) is 10.1 Å². The number of amides is 1. The Morgan fingerprint density at radius 1 is 1.19 bits per heavy atom. The maximum atomic E-state index is 13.6. The largest absolute Gasteiger partial charge is 0.495 e. The summed E-state index contributed by atoms with van der Waals surface area (Å²) in [5, 5.41) is 20.6. The number of hydrogen-bond acceptors (Lipinski definition) is 8. The number of hydrogen-bond donors (Lipinski definition) is 0. The zero-order valence-corrected chi connectivity index (χ0v) is 20.1. The molecular formula is C26H27N7O3. The maximum absolute atomic E-state index is 13.6. The first-order valence-electron chi connectivity index (χ1n) is 12.2. The topological polar surface area (TPSA) is 109 Å². The monoisotopic (exact) mass is 485 g/mol. The molecule has 2 aromatic carbocycles. The fourth-order valence-electron chi connectivity index (χ4n) is 5.69. The van der Waals surface area contributed by atoms with Gasteiger partial charge in [0, 0.05) is 26.2 Å². The van der Waals surface area contributed by atoms with Gasteiger partial charge in [0.15, 0.2) is 0 Å². The zero-order chi connectivity index (χ0) is 24.6. The molecule has 10 nitrogen and oxygen atoms in total. The Morgan fingerprint density at radius 2 is 2.11 bits per heavy atom. The number of aromatic nitrogens is 4. The Hall–Kier alpha value is -3.81. The van der Waals surface area contributed by atoms with Crippen molar-refractivity contribution in [1.82, 2.24) is 30.0 Å². The van der Waals surface area contributed by atoms with Gasteiger partial charge in [-0.1, -0.05) is 12.1 Å². The average molecular weight is 486 g/mol. The van der Waals surface area contributed by atoms with E-state index in [1.165, 1.54) is 5.56 Å². The third kappa shape index (κ3) is 4.00. The highest BCUT2D eigenvalue weighted by atomic mass is 16.5. The van der Waals surface area contributed by atoms with E-state index >= 15 is 0 Å². The van der Waals surface area contributed by atoms with Gasteiger partial charge < -0.3 is 14.4 Å². The fourth-order valence-corrected chi connectivity index (χ4v) is 5.69. The molecule has 2 fully saturated rings. The summed E-state index contributed by atoms with van der Waals surface area (Å²) >= 11 is 0. The highest BCUT2D eigenvalue weighted by Crippen LogP contribution is 2.37. The van der Waals surface area contributed by atoms with Crippen LogP contribution >= 0.6 is 0 Å². The van der Waals surface area contributed by atoms with E-state index in [1.807, 2.05) is 23.1 Å². The van der Waals surface area contributed by atoms with Crippen LogP contribution in [0.5, 0.6) is 5.75 Å². The molecule has 36 heavy (non-hydrogen) atoms. The first-order valence-corrected chi connectivity index (χ1v) is 12.2. The molecule has 1 aliphatic carbocycles. The molecule has 2 aliphatic heterocycles. The molecule has 3 aromatic rings. The standard InChI is InChI=1S/C26H27N7O3/c1-35-24-11-18(2-3-19(24)12-27)25-14-31-8-9-32(13-21(31)15-36-25)26(34)23-6-4-17-10-20(5-7-22(17)23)33-16-28-29-30-33/h2-3,5,7,10-11,16,21,23,25H,4,6,8-9,13-15H2,1H3/t21-,23?,25+/m0/s1. The number of ether oxygens (including phenoxy) is 2. The minimum Gasteiger partial charge on any atom is -0.495 e. The van der Waals surface area contributed by atoms with Crippen molar-refractivity contribution in [1.29, 1.82) is 5.26 Å².